The average molecular weight is 430 g/mol. The van der Waals surface area contributed by atoms with Crippen molar-refractivity contribution in [3.63, 3.8) is 0 Å². The Hall–Kier alpha value is -2.83. The predicted molar refractivity (Wildman–Crippen MR) is 110 cm³/mol. The minimum absolute atomic E-state index is 0.0257. The minimum atomic E-state index is -4.42. The Kier molecular flexibility index (Phi) is 6.03. The first-order valence-corrected chi connectivity index (χ1v) is 10.6. The van der Waals surface area contributed by atoms with Crippen LogP contribution >= 0.6 is 0 Å². The summed E-state index contributed by atoms with van der Waals surface area (Å²) in [5.74, 6) is -0.437. The van der Waals surface area contributed by atoms with Crippen LogP contribution in [0.5, 0.6) is 0 Å². The van der Waals surface area contributed by atoms with Crippen LogP contribution in [-0.2, 0) is 22.3 Å². The number of nitrogens with zero attached hydrogens (tertiary/aromatic N) is 1. The van der Waals surface area contributed by atoms with Crippen LogP contribution in [0.2, 0.25) is 0 Å². The van der Waals surface area contributed by atoms with E-state index in [1.54, 1.807) is 6.07 Å². The number of benzene rings is 2. The molecular formula is C24H25F3N2O2. The van der Waals surface area contributed by atoms with Crippen LogP contribution in [0.3, 0.4) is 0 Å². The quantitative estimate of drug-likeness (QED) is 0.747. The second kappa shape index (κ2) is 8.73. The van der Waals surface area contributed by atoms with Gasteiger partial charge in [0.15, 0.2) is 0 Å². The van der Waals surface area contributed by atoms with Crippen molar-refractivity contribution in [1.29, 1.82) is 0 Å². The van der Waals surface area contributed by atoms with Crippen LogP contribution in [0.15, 0.2) is 54.6 Å². The lowest BCUT2D eigenvalue weighted by molar-refractivity contribution is -0.140. The number of carbonyl (C=O) groups is 2. The molecule has 4 nitrogen and oxygen atoms in total. The maximum absolute atomic E-state index is 12.9. The number of carbonyl (C=O) groups excluding carboxylic acids is 2. The van der Waals surface area contributed by atoms with Crippen LogP contribution in [0.1, 0.15) is 48.4 Å². The molecule has 0 radical (unpaired) electrons. The highest BCUT2D eigenvalue weighted by Crippen LogP contribution is 2.39. The molecule has 1 saturated carbocycles. The lowest BCUT2D eigenvalue weighted by Gasteiger charge is -2.39. The minimum Gasteiger partial charge on any atom is -0.352 e. The normalized spacial score (nSPS) is 21.6. The van der Waals surface area contributed by atoms with E-state index in [1.807, 2.05) is 35.2 Å². The molecule has 164 valence electrons. The summed E-state index contributed by atoms with van der Waals surface area (Å²) in [7, 11) is 0. The van der Waals surface area contributed by atoms with Gasteiger partial charge in [-0.2, -0.15) is 13.2 Å². The summed E-state index contributed by atoms with van der Waals surface area (Å²) >= 11 is 0. The number of likely N-dealkylation sites (tertiary alicyclic amines) is 1. The first-order chi connectivity index (χ1) is 14.8. The van der Waals surface area contributed by atoms with E-state index in [1.165, 1.54) is 6.07 Å². The Morgan fingerprint density at radius 2 is 1.65 bits per heavy atom. The molecule has 1 aliphatic carbocycles. The molecule has 2 amide bonds. The Morgan fingerprint density at radius 1 is 0.935 bits per heavy atom. The van der Waals surface area contributed by atoms with Crippen LogP contribution in [-0.4, -0.2) is 23.3 Å². The molecule has 2 atom stereocenters. The molecule has 1 saturated heterocycles. The largest absolute Gasteiger partial charge is 0.416 e. The summed E-state index contributed by atoms with van der Waals surface area (Å²) < 4.78 is 38.7. The molecule has 0 spiro atoms. The summed E-state index contributed by atoms with van der Waals surface area (Å²) in [6.07, 6.45) is -1.32. The van der Waals surface area contributed by atoms with Crippen molar-refractivity contribution in [3.05, 3.63) is 71.3 Å². The topological polar surface area (TPSA) is 49.4 Å². The molecule has 0 bridgehead atoms. The molecule has 2 unspecified atom stereocenters. The molecule has 1 N–H and O–H groups in total. The van der Waals surface area contributed by atoms with Crippen molar-refractivity contribution in [2.24, 2.45) is 11.8 Å². The molecule has 7 heteroatoms. The summed E-state index contributed by atoms with van der Waals surface area (Å²) in [6, 6.07) is 14.8. The van der Waals surface area contributed by atoms with E-state index in [2.05, 4.69) is 5.32 Å². The highest BCUT2D eigenvalue weighted by atomic mass is 19.4. The molecule has 2 aromatic carbocycles. The van der Waals surface area contributed by atoms with Gasteiger partial charge in [0.05, 0.1) is 17.5 Å². The van der Waals surface area contributed by atoms with Crippen LogP contribution in [0.25, 0.3) is 0 Å². The van der Waals surface area contributed by atoms with E-state index in [4.69, 9.17) is 0 Å². The van der Waals surface area contributed by atoms with E-state index in [9.17, 15) is 22.8 Å². The van der Waals surface area contributed by atoms with Gasteiger partial charge in [0.2, 0.25) is 11.8 Å². The van der Waals surface area contributed by atoms with Crippen LogP contribution in [0.4, 0.5) is 13.2 Å². The summed E-state index contributed by atoms with van der Waals surface area (Å²) in [4.78, 5) is 27.5. The fourth-order valence-corrected chi connectivity index (χ4v) is 4.21. The van der Waals surface area contributed by atoms with Gasteiger partial charge in [0.1, 0.15) is 0 Å². The van der Waals surface area contributed by atoms with Crippen molar-refractivity contribution < 1.29 is 22.8 Å². The number of nitrogens with one attached hydrogen (secondary N) is 1. The van der Waals surface area contributed by atoms with E-state index >= 15 is 0 Å². The molecule has 2 aliphatic rings. The molecule has 0 aromatic heterocycles. The molecule has 31 heavy (non-hydrogen) atoms. The average Bonchev–Trinajstić information content (AvgIpc) is 3.62. The third-order valence-corrected chi connectivity index (χ3v) is 6.07. The lowest BCUT2D eigenvalue weighted by atomic mass is 9.88. The molecule has 4 rings (SSSR count). The van der Waals surface area contributed by atoms with Crippen LogP contribution in [0, 0.1) is 11.8 Å². The van der Waals surface area contributed by atoms with E-state index < -0.39 is 11.7 Å². The summed E-state index contributed by atoms with van der Waals surface area (Å²) in [6.45, 7) is 0.362. The SMILES string of the molecule is O=C(NCc1cccc(C(F)(F)F)c1)C1CCC(c2ccccc2)N(C(=O)C2CC2)C1. The fraction of sp³-hybridized carbons (Fsp3) is 0.417. The van der Waals surface area contributed by atoms with Crippen molar-refractivity contribution in [2.75, 3.05) is 6.54 Å². The van der Waals surface area contributed by atoms with Gasteiger partial charge in [0.25, 0.3) is 0 Å². The van der Waals surface area contributed by atoms with Gasteiger partial charge in [-0.25, -0.2) is 0 Å². The predicted octanol–water partition coefficient (Wildman–Crippen LogP) is 4.71. The second-order valence-corrected chi connectivity index (χ2v) is 8.38. The Morgan fingerprint density at radius 3 is 2.32 bits per heavy atom. The molecule has 2 aromatic rings. The zero-order chi connectivity index (χ0) is 22.0. The van der Waals surface area contributed by atoms with E-state index in [0.717, 1.165) is 30.5 Å². The van der Waals surface area contributed by atoms with Crippen molar-refractivity contribution in [1.82, 2.24) is 10.2 Å². The standard InChI is InChI=1S/C24H25F3N2O2/c25-24(26,27)20-8-4-5-16(13-20)14-28-22(30)19-11-12-21(17-6-2-1-3-7-17)29(15-19)23(31)18-9-10-18/h1-8,13,18-19,21H,9-12,14-15H2,(H,28,30). The number of halogens is 3. The number of alkyl halides is 3. The first kappa shape index (κ1) is 21.4. The lowest BCUT2D eigenvalue weighted by Crippen LogP contribution is -2.47. The Bertz CT molecular complexity index is 941. The van der Waals surface area contributed by atoms with Gasteiger partial charge in [-0.15, -0.1) is 0 Å². The smallest absolute Gasteiger partial charge is 0.352 e. The summed E-state index contributed by atoms with van der Waals surface area (Å²) in [5.41, 5.74) is 0.732. The Labute approximate surface area is 179 Å². The van der Waals surface area contributed by atoms with Crippen molar-refractivity contribution in [2.45, 2.75) is 44.4 Å². The van der Waals surface area contributed by atoms with Crippen molar-refractivity contribution >= 4 is 11.8 Å². The number of piperidine rings is 1. The van der Waals surface area contributed by atoms with Crippen molar-refractivity contribution in [3.8, 4) is 0 Å². The maximum Gasteiger partial charge on any atom is 0.416 e. The van der Waals surface area contributed by atoms with Gasteiger partial charge >= 0.3 is 6.18 Å². The Balaban J connectivity index is 1.42. The highest BCUT2D eigenvalue weighted by molar-refractivity contribution is 5.84. The van der Waals surface area contributed by atoms with Gasteiger partial charge in [-0.1, -0.05) is 42.5 Å². The number of amides is 2. The third kappa shape index (κ3) is 5.09. The third-order valence-electron chi connectivity index (χ3n) is 6.07. The zero-order valence-electron chi connectivity index (χ0n) is 17.1. The molecule has 1 heterocycles. The maximum atomic E-state index is 12.9. The fourth-order valence-electron chi connectivity index (χ4n) is 4.21. The number of hydrogen-bond acceptors (Lipinski definition) is 2. The second-order valence-electron chi connectivity index (χ2n) is 8.38. The number of hydrogen-bond donors (Lipinski definition) is 1. The monoisotopic (exact) mass is 430 g/mol. The van der Waals surface area contributed by atoms with E-state index in [0.29, 0.717) is 24.9 Å². The molecule has 2 fully saturated rings. The molecule has 1 aliphatic heterocycles. The molecular weight excluding hydrogens is 405 g/mol. The zero-order valence-corrected chi connectivity index (χ0v) is 17.1. The van der Waals surface area contributed by atoms with Gasteiger partial charge in [0, 0.05) is 19.0 Å². The highest BCUT2D eigenvalue weighted by Gasteiger charge is 2.41. The van der Waals surface area contributed by atoms with Gasteiger partial charge in [-0.3, -0.25) is 9.59 Å². The first-order valence-electron chi connectivity index (χ1n) is 10.6. The number of rotatable bonds is 5. The summed E-state index contributed by atoms with van der Waals surface area (Å²) in [5, 5.41) is 2.76. The van der Waals surface area contributed by atoms with Gasteiger partial charge < -0.3 is 10.2 Å². The van der Waals surface area contributed by atoms with E-state index in [-0.39, 0.29) is 36.2 Å². The van der Waals surface area contributed by atoms with Crippen LogP contribution < -0.4 is 5.32 Å². The van der Waals surface area contributed by atoms with Gasteiger partial charge in [-0.05, 0) is 48.9 Å².